The highest BCUT2D eigenvalue weighted by Gasteiger charge is 2.08. The number of carbonyl (C=O) groups excluding carboxylic acids is 1. The fourth-order valence-electron chi connectivity index (χ4n) is 1.71. The van der Waals surface area contributed by atoms with Crippen molar-refractivity contribution in [2.75, 3.05) is 0 Å². The molecule has 17 heavy (non-hydrogen) atoms. The van der Waals surface area contributed by atoms with E-state index in [4.69, 9.17) is 0 Å². The second-order valence-corrected chi connectivity index (χ2v) is 4.74. The molecule has 2 aromatic rings. The van der Waals surface area contributed by atoms with Crippen LogP contribution in [0, 0.1) is 0 Å². The third-order valence-corrected chi connectivity index (χ3v) is 3.26. The lowest BCUT2D eigenvalue weighted by atomic mass is 9.98. The highest BCUT2D eigenvalue weighted by Crippen LogP contribution is 2.28. The van der Waals surface area contributed by atoms with Crippen LogP contribution in [0.25, 0.3) is 5.57 Å². The Morgan fingerprint density at radius 2 is 1.24 bits per heavy atom. The van der Waals surface area contributed by atoms with E-state index in [1.165, 1.54) is 0 Å². The van der Waals surface area contributed by atoms with Crippen molar-refractivity contribution in [3.8, 4) is 0 Å². The number of hydrogen-bond donors (Lipinski definition) is 0. The molecule has 0 spiro atoms. The molecule has 0 atom stereocenters. The second kappa shape index (κ2) is 5.77. The number of hydrogen-bond acceptors (Lipinski definition) is 1. The fraction of sp³-hybridized carbons (Fsp3) is 0. The molecule has 0 N–H and O–H groups in total. The van der Waals surface area contributed by atoms with Crippen LogP contribution >= 0.6 is 22.6 Å². The first-order valence-electron chi connectivity index (χ1n) is 5.28. The van der Waals surface area contributed by atoms with E-state index in [2.05, 4.69) is 22.6 Å². The van der Waals surface area contributed by atoms with Gasteiger partial charge in [0.2, 0.25) is 0 Å². The SMILES string of the molecule is O=CC(I)=C(c1ccccc1)c1ccccc1. The van der Waals surface area contributed by atoms with Gasteiger partial charge in [0.15, 0.2) is 6.29 Å². The van der Waals surface area contributed by atoms with Crippen LogP contribution in [0.3, 0.4) is 0 Å². The van der Waals surface area contributed by atoms with E-state index in [9.17, 15) is 4.79 Å². The van der Waals surface area contributed by atoms with Crippen molar-refractivity contribution < 1.29 is 4.79 Å². The third kappa shape index (κ3) is 2.82. The van der Waals surface area contributed by atoms with Gasteiger partial charge in [0, 0.05) is 5.57 Å². The van der Waals surface area contributed by atoms with Crippen molar-refractivity contribution in [2.45, 2.75) is 0 Å². The van der Waals surface area contributed by atoms with Crippen LogP contribution in [-0.4, -0.2) is 6.29 Å². The average molecular weight is 334 g/mol. The largest absolute Gasteiger partial charge is 0.297 e. The maximum absolute atomic E-state index is 11.0. The highest BCUT2D eigenvalue weighted by molar-refractivity contribution is 14.1. The first-order chi connectivity index (χ1) is 8.33. The minimum Gasteiger partial charge on any atom is -0.297 e. The summed E-state index contributed by atoms with van der Waals surface area (Å²) in [4.78, 5) is 11.0. The van der Waals surface area contributed by atoms with Gasteiger partial charge in [-0.15, -0.1) is 0 Å². The van der Waals surface area contributed by atoms with Gasteiger partial charge >= 0.3 is 0 Å². The summed E-state index contributed by atoms with van der Waals surface area (Å²) in [5.74, 6) is 0. The first kappa shape index (κ1) is 12.0. The van der Waals surface area contributed by atoms with E-state index in [1.54, 1.807) is 0 Å². The molecule has 0 unspecified atom stereocenters. The summed E-state index contributed by atoms with van der Waals surface area (Å²) < 4.78 is 0.722. The van der Waals surface area contributed by atoms with Crippen LogP contribution in [0.15, 0.2) is 64.2 Å². The predicted molar refractivity (Wildman–Crippen MR) is 79.0 cm³/mol. The molecule has 0 saturated carbocycles. The maximum Gasteiger partial charge on any atom is 0.156 e. The number of halogens is 1. The van der Waals surface area contributed by atoms with Crippen molar-refractivity contribution in [3.05, 3.63) is 75.4 Å². The molecule has 0 aliphatic carbocycles. The molecule has 0 heterocycles. The summed E-state index contributed by atoms with van der Waals surface area (Å²) in [6.07, 6.45) is 0.899. The molecule has 0 aromatic heterocycles. The molecular formula is C15H11IO. The molecule has 0 aliphatic heterocycles. The van der Waals surface area contributed by atoms with Crippen molar-refractivity contribution >= 4 is 34.5 Å². The van der Waals surface area contributed by atoms with Crippen LogP contribution in [0.2, 0.25) is 0 Å². The molecule has 84 valence electrons. The summed E-state index contributed by atoms with van der Waals surface area (Å²) in [5, 5.41) is 0. The summed E-state index contributed by atoms with van der Waals surface area (Å²) in [6, 6.07) is 19.9. The van der Waals surface area contributed by atoms with Gasteiger partial charge in [0.05, 0.1) is 3.58 Å². The van der Waals surface area contributed by atoms with Crippen LogP contribution in [-0.2, 0) is 4.79 Å². The van der Waals surface area contributed by atoms with Gasteiger partial charge in [-0.2, -0.15) is 0 Å². The van der Waals surface area contributed by atoms with E-state index < -0.39 is 0 Å². The zero-order valence-corrected chi connectivity index (χ0v) is 11.3. The van der Waals surface area contributed by atoms with E-state index >= 15 is 0 Å². The molecule has 2 rings (SSSR count). The number of aldehydes is 1. The Morgan fingerprint density at radius 3 is 1.59 bits per heavy atom. The zero-order chi connectivity index (χ0) is 12.1. The van der Waals surface area contributed by atoms with Crippen LogP contribution < -0.4 is 0 Å². The Bertz CT molecular complexity index is 488. The van der Waals surface area contributed by atoms with Gasteiger partial charge in [-0.25, -0.2) is 0 Å². The molecule has 0 saturated heterocycles. The van der Waals surface area contributed by atoms with Crippen molar-refractivity contribution in [1.82, 2.24) is 0 Å². The van der Waals surface area contributed by atoms with Crippen molar-refractivity contribution in [3.63, 3.8) is 0 Å². The lowest BCUT2D eigenvalue weighted by Gasteiger charge is -2.09. The van der Waals surface area contributed by atoms with Gasteiger partial charge in [0.25, 0.3) is 0 Å². The van der Waals surface area contributed by atoms with E-state index in [0.29, 0.717) is 0 Å². The molecule has 0 radical (unpaired) electrons. The maximum atomic E-state index is 11.0. The monoisotopic (exact) mass is 334 g/mol. The molecule has 0 amide bonds. The number of allylic oxidation sites excluding steroid dienone is 1. The summed E-state index contributed by atoms with van der Waals surface area (Å²) in [7, 11) is 0. The van der Waals surface area contributed by atoms with Crippen LogP contribution in [0.5, 0.6) is 0 Å². The Labute approximate surface area is 114 Å². The minimum absolute atomic E-state index is 0.722. The Kier molecular flexibility index (Phi) is 4.09. The molecule has 1 nitrogen and oxygen atoms in total. The molecule has 2 aromatic carbocycles. The summed E-state index contributed by atoms with van der Waals surface area (Å²) in [5.41, 5.74) is 3.12. The summed E-state index contributed by atoms with van der Waals surface area (Å²) in [6.45, 7) is 0. The Morgan fingerprint density at radius 1 is 0.824 bits per heavy atom. The quantitative estimate of drug-likeness (QED) is 0.470. The standard InChI is InChI=1S/C15H11IO/c16-14(11-17)15(12-7-3-1-4-8-12)13-9-5-2-6-10-13/h1-11H. The van der Waals surface area contributed by atoms with Crippen molar-refractivity contribution in [2.24, 2.45) is 0 Å². The minimum atomic E-state index is 0.722. The molecule has 0 fully saturated rings. The van der Waals surface area contributed by atoms with E-state index in [-0.39, 0.29) is 0 Å². The topological polar surface area (TPSA) is 17.1 Å². The van der Waals surface area contributed by atoms with E-state index in [1.807, 2.05) is 60.7 Å². The Balaban J connectivity index is 2.60. The lowest BCUT2D eigenvalue weighted by Crippen LogP contribution is -1.91. The third-order valence-electron chi connectivity index (χ3n) is 2.47. The second-order valence-electron chi connectivity index (χ2n) is 3.57. The van der Waals surface area contributed by atoms with Gasteiger partial charge in [-0.1, -0.05) is 60.7 Å². The van der Waals surface area contributed by atoms with Gasteiger partial charge in [-0.3, -0.25) is 4.79 Å². The van der Waals surface area contributed by atoms with Gasteiger partial charge in [-0.05, 0) is 33.7 Å². The van der Waals surface area contributed by atoms with Gasteiger partial charge in [0.1, 0.15) is 0 Å². The Hall–Kier alpha value is -1.42. The van der Waals surface area contributed by atoms with E-state index in [0.717, 1.165) is 26.6 Å². The van der Waals surface area contributed by atoms with Crippen LogP contribution in [0.4, 0.5) is 0 Å². The first-order valence-corrected chi connectivity index (χ1v) is 6.36. The normalized spacial score (nSPS) is 9.71. The molecule has 0 aliphatic rings. The molecule has 0 bridgehead atoms. The number of rotatable bonds is 3. The molecular weight excluding hydrogens is 323 g/mol. The number of carbonyl (C=O) groups is 1. The number of benzene rings is 2. The average Bonchev–Trinajstić information content (AvgIpc) is 2.41. The fourth-order valence-corrected chi connectivity index (χ4v) is 2.33. The van der Waals surface area contributed by atoms with Crippen LogP contribution in [0.1, 0.15) is 11.1 Å². The predicted octanol–water partition coefficient (Wildman–Crippen LogP) is 4.08. The highest BCUT2D eigenvalue weighted by atomic mass is 127. The van der Waals surface area contributed by atoms with Crippen molar-refractivity contribution in [1.29, 1.82) is 0 Å². The van der Waals surface area contributed by atoms with Gasteiger partial charge < -0.3 is 0 Å². The molecule has 2 heteroatoms. The lowest BCUT2D eigenvalue weighted by molar-refractivity contribution is -0.104. The summed E-state index contributed by atoms with van der Waals surface area (Å²) >= 11 is 2.09. The zero-order valence-electron chi connectivity index (χ0n) is 9.14. The smallest absolute Gasteiger partial charge is 0.156 e.